The highest BCUT2D eigenvalue weighted by atomic mass is 16.6. The summed E-state index contributed by atoms with van der Waals surface area (Å²) in [5, 5.41) is 14.7. The summed E-state index contributed by atoms with van der Waals surface area (Å²) in [6, 6.07) is 6.01. The minimum Gasteiger partial charge on any atom is -0.411 e. The fourth-order valence-electron chi connectivity index (χ4n) is 2.48. The van der Waals surface area contributed by atoms with E-state index in [0.29, 0.717) is 37.6 Å². The van der Waals surface area contributed by atoms with Crippen molar-refractivity contribution in [2.75, 3.05) is 26.3 Å². The second kappa shape index (κ2) is 7.91. The summed E-state index contributed by atoms with van der Waals surface area (Å²) in [6.07, 6.45) is 0. The van der Waals surface area contributed by atoms with Gasteiger partial charge in [-0.25, -0.2) is 0 Å². The molecule has 1 saturated heterocycles. The molecule has 11 nitrogen and oxygen atoms in total. The van der Waals surface area contributed by atoms with E-state index in [-0.39, 0.29) is 24.2 Å². The molecule has 0 unspecified atom stereocenters. The number of hydrogen-bond acceptors (Lipinski definition) is 8. The zero-order valence-electron chi connectivity index (χ0n) is 14.5. The van der Waals surface area contributed by atoms with Gasteiger partial charge >= 0.3 is 12.0 Å². The summed E-state index contributed by atoms with van der Waals surface area (Å²) in [6.45, 7) is 2.95. The van der Waals surface area contributed by atoms with Crippen molar-refractivity contribution in [3.05, 3.63) is 39.9 Å². The number of aromatic nitrogens is 3. The van der Waals surface area contributed by atoms with Crippen LogP contribution < -0.4 is 4.74 Å². The maximum atomic E-state index is 12.4. The fourth-order valence-corrected chi connectivity index (χ4v) is 2.48. The zero-order chi connectivity index (χ0) is 19.4. The number of Topliss-reactive ketones (excluding diaryl/α,β-unsaturated/α-hetero) is 1. The molecule has 1 aliphatic rings. The van der Waals surface area contributed by atoms with Gasteiger partial charge in [-0.15, -0.1) is 4.68 Å². The first-order valence-electron chi connectivity index (χ1n) is 8.17. The molecular weight excluding hydrogens is 358 g/mol. The third-order valence-electron chi connectivity index (χ3n) is 3.91. The summed E-state index contributed by atoms with van der Waals surface area (Å²) in [5.74, 6) is -0.728. The van der Waals surface area contributed by atoms with Crippen molar-refractivity contribution in [3.63, 3.8) is 0 Å². The number of rotatable bonds is 6. The predicted octanol–water partition coefficient (Wildman–Crippen LogP) is 1.04. The number of nitro groups is 1. The van der Waals surface area contributed by atoms with Crippen molar-refractivity contribution in [2.24, 2.45) is 0 Å². The van der Waals surface area contributed by atoms with Crippen LogP contribution in [-0.4, -0.2) is 62.6 Å². The number of morpholine rings is 1. The fraction of sp³-hybridized carbons (Fsp3) is 0.375. The molecule has 2 heterocycles. The molecular formula is C16H17N5O6. The average molecular weight is 375 g/mol. The number of hydrogen-bond donors (Lipinski definition) is 0. The molecule has 0 spiro atoms. The predicted molar refractivity (Wildman–Crippen MR) is 90.6 cm³/mol. The Balaban J connectivity index is 1.79. The van der Waals surface area contributed by atoms with Crippen LogP contribution in [0.25, 0.3) is 0 Å². The lowest BCUT2D eigenvalue weighted by atomic mass is 10.1. The van der Waals surface area contributed by atoms with Crippen LogP contribution in [0.4, 0.5) is 5.95 Å². The van der Waals surface area contributed by atoms with Gasteiger partial charge in [-0.3, -0.25) is 9.59 Å². The molecule has 0 radical (unpaired) electrons. The molecule has 2 aromatic rings. The Hall–Kier alpha value is -3.34. The Morgan fingerprint density at radius 3 is 2.52 bits per heavy atom. The van der Waals surface area contributed by atoms with Crippen molar-refractivity contribution in [1.82, 2.24) is 19.7 Å². The molecule has 27 heavy (non-hydrogen) atoms. The molecule has 0 saturated carbocycles. The number of carbonyl (C=O) groups excluding carboxylic acids is 2. The van der Waals surface area contributed by atoms with Gasteiger partial charge in [-0.2, -0.15) is 0 Å². The Morgan fingerprint density at radius 1 is 1.26 bits per heavy atom. The third kappa shape index (κ3) is 4.44. The molecule has 3 rings (SSSR count). The molecule has 1 aromatic heterocycles. The summed E-state index contributed by atoms with van der Waals surface area (Å²) in [5.41, 5.74) is 0.497. The van der Waals surface area contributed by atoms with E-state index in [0.717, 1.165) is 4.68 Å². The van der Waals surface area contributed by atoms with Crippen LogP contribution in [0.5, 0.6) is 11.8 Å². The lowest BCUT2D eigenvalue weighted by Gasteiger charge is -2.26. The number of benzene rings is 1. The largest absolute Gasteiger partial charge is 0.494 e. The van der Waals surface area contributed by atoms with Crippen molar-refractivity contribution in [2.45, 2.75) is 13.5 Å². The molecule has 1 aromatic carbocycles. The van der Waals surface area contributed by atoms with Crippen LogP contribution in [0.3, 0.4) is 0 Å². The second-order valence-electron chi connectivity index (χ2n) is 5.78. The summed E-state index contributed by atoms with van der Waals surface area (Å²) in [7, 11) is 0. The lowest BCUT2D eigenvalue weighted by Crippen LogP contribution is -2.42. The van der Waals surface area contributed by atoms with E-state index in [1.807, 2.05) is 0 Å². The Bertz CT molecular complexity index is 857. The van der Waals surface area contributed by atoms with Crippen molar-refractivity contribution < 1.29 is 24.0 Å². The highest BCUT2D eigenvalue weighted by molar-refractivity contribution is 5.94. The van der Waals surface area contributed by atoms with Crippen molar-refractivity contribution in [3.8, 4) is 11.8 Å². The lowest BCUT2D eigenvalue weighted by molar-refractivity contribution is -0.394. The SMILES string of the molecule is CC(=O)c1ccc(Oc2nc([N+](=O)[O-])nn2CC(=O)N2CCOCC2)cc1. The van der Waals surface area contributed by atoms with E-state index in [9.17, 15) is 19.7 Å². The molecule has 0 N–H and O–H groups in total. The Kier molecular flexibility index (Phi) is 5.41. The topological polar surface area (TPSA) is 130 Å². The van der Waals surface area contributed by atoms with E-state index in [1.54, 1.807) is 17.0 Å². The number of ketones is 1. The molecule has 1 fully saturated rings. The van der Waals surface area contributed by atoms with E-state index in [2.05, 4.69) is 10.1 Å². The van der Waals surface area contributed by atoms with Gasteiger partial charge in [0.05, 0.1) is 13.2 Å². The van der Waals surface area contributed by atoms with Gasteiger partial charge in [0.25, 0.3) is 0 Å². The van der Waals surface area contributed by atoms with Gasteiger partial charge in [0.15, 0.2) is 5.78 Å². The third-order valence-corrected chi connectivity index (χ3v) is 3.91. The van der Waals surface area contributed by atoms with Crippen LogP contribution in [-0.2, 0) is 16.1 Å². The van der Waals surface area contributed by atoms with E-state index < -0.39 is 10.9 Å². The van der Waals surface area contributed by atoms with E-state index in [4.69, 9.17) is 9.47 Å². The smallest absolute Gasteiger partial charge is 0.411 e. The van der Waals surface area contributed by atoms with Crippen molar-refractivity contribution in [1.29, 1.82) is 0 Å². The number of carbonyl (C=O) groups is 2. The van der Waals surface area contributed by atoms with Crippen LogP contribution in [0.1, 0.15) is 17.3 Å². The number of amides is 1. The zero-order valence-corrected chi connectivity index (χ0v) is 14.5. The van der Waals surface area contributed by atoms with Gasteiger partial charge in [0, 0.05) is 23.8 Å². The Labute approximate surface area is 153 Å². The second-order valence-corrected chi connectivity index (χ2v) is 5.78. The van der Waals surface area contributed by atoms with E-state index in [1.165, 1.54) is 19.1 Å². The first kappa shape index (κ1) is 18.5. The van der Waals surface area contributed by atoms with Crippen LogP contribution >= 0.6 is 0 Å². The van der Waals surface area contributed by atoms with Gasteiger partial charge in [0.2, 0.25) is 5.91 Å². The maximum absolute atomic E-state index is 12.4. The molecule has 0 atom stereocenters. The highest BCUT2D eigenvalue weighted by Gasteiger charge is 2.27. The molecule has 1 aliphatic heterocycles. The molecule has 142 valence electrons. The van der Waals surface area contributed by atoms with Crippen LogP contribution in [0.15, 0.2) is 24.3 Å². The van der Waals surface area contributed by atoms with Gasteiger partial charge in [0.1, 0.15) is 12.3 Å². The minimum atomic E-state index is -0.762. The van der Waals surface area contributed by atoms with Gasteiger partial charge < -0.3 is 24.5 Å². The number of ether oxygens (including phenoxy) is 2. The van der Waals surface area contributed by atoms with Crippen molar-refractivity contribution >= 4 is 17.6 Å². The summed E-state index contributed by atoms with van der Waals surface area (Å²) >= 11 is 0. The number of nitrogens with zero attached hydrogens (tertiary/aromatic N) is 5. The molecule has 1 amide bonds. The van der Waals surface area contributed by atoms with Gasteiger partial charge in [-0.05, 0) is 41.1 Å². The normalized spacial score (nSPS) is 14.0. The van der Waals surface area contributed by atoms with Crippen LogP contribution in [0.2, 0.25) is 0 Å². The standard InChI is InChI=1S/C16H17N5O6/c1-11(22)12-2-4-13(5-3-12)27-16-17-15(21(24)25)18-20(16)10-14(23)19-6-8-26-9-7-19/h2-5H,6-10H2,1H3. The molecule has 0 bridgehead atoms. The first-order valence-corrected chi connectivity index (χ1v) is 8.17. The highest BCUT2D eigenvalue weighted by Crippen LogP contribution is 2.22. The monoisotopic (exact) mass is 375 g/mol. The van der Waals surface area contributed by atoms with Gasteiger partial charge in [-0.1, -0.05) is 0 Å². The molecule has 0 aliphatic carbocycles. The maximum Gasteiger partial charge on any atom is 0.494 e. The average Bonchev–Trinajstić information content (AvgIpc) is 3.05. The summed E-state index contributed by atoms with van der Waals surface area (Å²) in [4.78, 5) is 39.3. The molecule has 11 heteroatoms. The summed E-state index contributed by atoms with van der Waals surface area (Å²) < 4.78 is 11.8. The quantitative estimate of drug-likeness (QED) is 0.416. The Morgan fingerprint density at radius 2 is 1.93 bits per heavy atom. The van der Waals surface area contributed by atoms with E-state index >= 15 is 0 Å². The minimum absolute atomic E-state index is 0.100. The van der Waals surface area contributed by atoms with Crippen LogP contribution in [0, 0.1) is 10.1 Å². The first-order chi connectivity index (χ1) is 12.9.